The third kappa shape index (κ3) is 4.63. The van der Waals surface area contributed by atoms with Gasteiger partial charge in [-0.25, -0.2) is 10.2 Å². The quantitative estimate of drug-likeness (QED) is 0.362. The molecule has 1 heterocycles. The highest BCUT2D eigenvalue weighted by molar-refractivity contribution is 6.02. The summed E-state index contributed by atoms with van der Waals surface area (Å²) in [6.45, 7) is 3.73. The monoisotopic (exact) mass is 420 g/mol. The Morgan fingerprint density at radius 1 is 1.10 bits per heavy atom. The van der Waals surface area contributed by atoms with Crippen molar-refractivity contribution in [1.29, 1.82) is 0 Å². The van der Waals surface area contributed by atoms with Gasteiger partial charge < -0.3 is 9.84 Å². The second-order valence-electron chi connectivity index (χ2n) is 6.93. The molecule has 2 N–H and O–H groups in total. The Kier molecular flexibility index (Phi) is 6.49. The molecule has 0 spiro atoms. The molecule has 0 radical (unpaired) electrons. The molecule has 1 amide bonds. The van der Waals surface area contributed by atoms with Crippen LogP contribution in [0.5, 0.6) is 5.75 Å². The van der Waals surface area contributed by atoms with E-state index in [1.165, 1.54) is 36.9 Å². The van der Waals surface area contributed by atoms with Crippen LogP contribution in [0, 0.1) is 0 Å². The van der Waals surface area contributed by atoms with Crippen molar-refractivity contribution >= 4 is 17.6 Å². The van der Waals surface area contributed by atoms with Crippen molar-refractivity contribution in [2.45, 2.75) is 20.3 Å². The number of esters is 1. The molecule has 0 saturated carbocycles. The maximum Gasteiger partial charge on any atom is 0.337 e. The largest absolute Gasteiger partial charge is 0.504 e. The number of rotatable bonds is 6. The van der Waals surface area contributed by atoms with Crippen molar-refractivity contribution in [3.05, 3.63) is 70.9 Å². The van der Waals surface area contributed by atoms with Crippen molar-refractivity contribution in [1.82, 2.24) is 15.2 Å². The van der Waals surface area contributed by atoms with E-state index in [2.05, 4.69) is 27.3 Å². The summed E-state index contributed by atoms with van der Waals surface area (Å²) in [4.78, 5) is 23.8. The van der Waals surface area contributed by atoms with Crippen molar-refractivity contribution in [2.75, 3.05) is 7.11 Å². The summed E-state index contributed by atoms with van der Waals surface area (Å²) in [5.41, 5.74) is 6.34. The number of amides is 1. The SMILES string of the molecule is CCc1ccc(-c2c(O)c(/C(C)=N\NC(=O)c3ccc(C(=O)OC)cc3)nn2C)cc1. The topological polar surface area (TPSA) is 106 Å². The number of aryl methyl sites for hydroxylation is 2. The number of carbonyl (C=O) groups excluding carboxylic acids is 2. The van der Waals surface area contributed by atoms with E-state index in [-0.39, 0.29) is 11.4 Å². The minimum atomic E-state index is -0.480. The van der Waals surface area contributed by atoms with Crippen LogP contribution in [0.2, 0.25) is 0 Å². The number of hydrogen-bond donors (Lipinski definition) is 2. The van der Waals surface area contributed by atoms with E-state index in [1.54, 1.807) is 18.7 Å². The third-order valence-electron chi connectivity index (χ3n) is 4.89. The normalized spacial score (nSPS) is 11.3. The lowest BCUT2D eigenvalue weighted by Gasteiger charge is -2.04. The Balaban J connectivity index is 1.78. The molecule has 8 heteroatoms. The molecule has 160 valence electrons. The van der Waals surface area contributed by atoms with Gasteiger partial charge in [0.25, 0.3) is 5.91 Å². The fourth-order valence-electron chi connectivity index (χ4n) is 3.11. The number of ether oxygens (including phenoxy) is 1. The third-order valence-corrected chi connectivity index (χ3v) is 4.89. The van der Waals surface area contributed by atoms with Gasteiger partial charge in [0.05, 0.1) is 18.4 Å². The lowest BCUT2D eigenvalue weighted by atomic mass is 10.1. The Bertz CT molecular complexity index is 1130. The Morgan fingerprint density at radius 2 is 1.71 bits per heavy atom. The van der Waals surface area contributed by atoms with E-state index in [1.807, 2.05) is 24.3 Å². The molecule has 0 aliphatic rings. The van der Waals surface area contributed by atoms with Gasteiger partial charge >= 0.3 is 5.97 Å². The van der Waals surface area contributed by atoms with Crippen LogP contribution in [-0.4, -0.2) is 39.6 Å². The van der Waals surface area contributed by atoms with E-state index in [9.17, 15) is 14.7 Å². The van der Waals surface area contributed by atoms with Gasteiger partial charge in [-0.05, 0) is 43.2 Å². The summed E-state index contributed by atoms with van der Waals surface area (Å²) >= 11 is 0. The lowest BCUT2D eigenvalue weighted by molar-refractivity contribution is 0.0600. The van der Waals surface area contributed by atoms with E-state index in [4.69, 9.17) is 0 Å². The zero-order chi connectivity index (χ0) is 22.5. The number of nitrogens with one attached hydrogen (secondary N) is 1. The molecule has 3 aromatic rings. The first-order valence-corrected chi connectivity index (χ1v) is 9.74. The van der Waals surface area contributed by atoms with Crippen LogP contribution in [0.15, 0.2) is 53.6 Å². The Hall–Kier alpha value is -3.94. The molecule has 0 bridgehead atoms. The molecule has 0 fully saturated rings. The van der Waals surface area contributed by atoms with Crippen molar-refractivity contribution < 1.29 is 19.4 Å². The Labute approximate surface area is 180 Å². The molecule has 1 aromatic heterocycles. The van der Waals surface area contributed by atoms with Crippen LogP contribution < -0.4 is 5.43 Å². The van der Waals surface area contributed by atoms with Gasteiger partial charge in [-0.1, -0.05) is 31.2 Å². The van der Waals surface area contributed by atoms with Gasteiger partial charge in [0, 0.05) is 18.2 Å². The smallest absolute Gasteiger partial charge is 0.337 e. The Morgan fingerprint density at radius 3 is 2.29 bits per heavy atom. The molecule has 8 nitrogen and oxygen atoms in total. The average Bonchev–Trinajstić information content (AvgIpc) is 3.10. The van der Waals surface area contributed by atoms with Crippen LogP contribution in [0.3, 0.4) is 0 Å². The molecular formula is C23H24N4O4. The van der Waals surface area contributed by atoms with Crippen molar-refractivity contribution in [2.24, 2.45) is 12.1 Å². The van der Waals surface area contributed by atoms with Crippen LogP contribution in [0.4, 0.5) is 0 Å². The van der Waals surface area contributed by atoms with Gasteiger partial charge in [-0.2, -0.15) is 10.2 Å². The van der Waals surface area contributed by atoms with E-state index in [0.29, 0.717) is 22.5 Å². The zero-order valence-electron chi connectivity index (χ0n) is 17.8. The second kappa shape index (κ2) is 9.25. The predicted octanol–water partition coefficient (Wildman–Crippen LogP) is 3.30. The molecule has 0 saturated heterocycles. The van der Waals surface area contributed by atoms with E-state index < -0.39 is 11.9 Å². The summed E-state index contributed by atoms with van der Waals surface area (Å²) in [6, 6.07) is 13.9. The summed E-state index contributed by atoms with van der Waals surface area (Å²) in [6.07, 6.45) is 0.930. The molecular weight excluding hydrogens is 396 g/mol. The van der Waals surface area contributed by atoms with Crippen LogP contribution >= 0.6 is 0 Å². The molecule has 31 heavy (non-hydrogen) atoms. The lowest BCUT2D eigenvalue weighted by Crippen LogP contribution is -2.19. The van der Waals surface area contributed by atoms with E-state index in [0.717, 1.165) is 12.0 Å². The summed E-state index contributed by atoms with van der Waals surface area (Å²) in [7, 11) is 3.03. The number of methoxy groups -OCH3 is 1. The molecule has 0 atom stereocenters. The number of hydrazone groups is 1. The van der Waals surface area contributed by atoms with Crippen molar-refractivity contribution in [3.63, 3.8) is 0 Å². The first kappa shape index (κ1) is 21.8. The fourth-order valence-corrected chi connectivity index (χ4v) is 3.11. The van der Waals surface area contributed by atoms with Gasteiger partial charge in [-0.15, -0.1) is 0 Å². The highest BCUT2D eigenvalue weighted by atomic mass is 16.5. The van der Waals surface area contributed by atoms with Gasteiger partial charge in [0.2, 0.25) is 0 Å². The summed E-state index contributed by atoms with van der Waals surface area (Å²) < 4.78 is 6.22. The maximum atomic E-state index is 12.3. The highest BCUT2D eigenvalue weighted by Crippen LogP contribution is 2.32. The van der Waals surface area contributed by atoms with E-state index >= 15 is 0 Å². The zero-order valence-corrected chi connectivity index (χ0v) is 17.8. The number of hydrogen-bond acceptors (Lipinski definition) is 6. The van der Waals surface area contributed by atoms with Crippen LogP contribution in [-0.2, 0) is 18.2 Å². The van der Waals surface area contributed by atoms with Crippen LogP contribution in [0.25, 0.3) is 11.3 Å². The second-order valence-corrected chi connectivity index (χ2v) is 6.93. The first-order chi connectivity index (χ1) is 14.8. The molecule has 3 rings (SSSR count). The average molecular weight is 420 g/mol. The summed E-state index contributed by atoms with van der Waals surface area (Å²) in [5, 5.41) is 19.2. The molecule has 0 aliphatic heterocycles. The van der Waals surface area contributed by atoms with Gasteiger partial charge in [0.1, 0.15) is 5.69 Å². The minimum absolute atomic E-state index is 0.00956. The fraction of sp³-hybridized carbons (Fsp3) is 0.217. The van der Waals surface area contributed by atoms with Crippen molar-refractivity contribution in [3.8, 4) is 17.0 Å². The van der Waals surface area contributed by atoms with Gasteiger partial charge in [0.15, 0.2) is 11.4 Å². The number of carbonyl (C=O) groups is 2. The minimum Gasteiger partial charge on any atom is -0.504 e. The molecule has 0 aliphatic carbocycles. The maximum absolute atomic E-state index is 12.3. The molecule has 2 aromatic carbocycles. The highest BCUT2D eigenvalue weighted by Gasteiger charge is 2.19. The van der Waals surface area contributed by atoms with Gasteiger partial charge in [-0.3, -0.25) is 9.48 Å². The standard InChI is InChI=1S/C23H24N4O4/c1-5-15-6-8-16(9-7-15)20-21(28)19(26-27(20)3)14(2)24-25-22(29)17-10-12-18(13-11-17)23(30)31-4/h6-13,28H,5H2,1-4H3,(H,25,29)/b24-14-. The van der Waals surface area contributed by atoms with Crippen LogP contribution in [0.1, 0.15) is 45.8 Å². The predicted molar refractivity (Wildman–Crippen MR) is 117 cm³/mol. The number of nitrogens with zero attached hydrogens (tertiary/aromatic N) is 3. The number of aromatic hydroxyl groups is 1. The molecule has 0 unspecified atom stereocenters. The summed E-state index contributed by atoms with van der Waals surface area (Å²) in [5.74, 6) is -0.946. The number of aromatic nitrogens is 2. The first-order valence-electron chi connectivity index (χ1n) is 9.74. The number of benzene rings is 2.